The van der Waals surface area contributed by atoms with E-state index in [0.29, 0.717) is 10.7 Å². The molecule has 3 aromatic carbocycles. The smallest absolute Gasteiger partial charge is 0.255 e. The number of anilines is 1. The van der Waals surface area contributed by atoms with Gasteiger partial charge in [0.2, 0.25) is 0 Å². The molecular formula is C26H23N3O2S. The lowest BCUT2D eigenvalue weighted by Gasteiger charge is -2.10. The first kappa shape index (κ1) is 21.6. The van der Waals surface area contributed by atoms with Gasteiger partial charge in [-0.05, 0) is 49.7 Å². The second-order valence-corrected chi connectivity index (χ2v) is 8.42. The zero-order chi connectivity index (χ0) is 22.5. The van der Waals surface area contributed by atoms with Gasteiger partial charge in [-0.15, -0.1) is 0 Å². The Morgan fingerprint density at radius 1 is 0.969 bits per heavy atom. The minimum absolute atomic E-state index is 0.0676. The average Bonchev–Trinajstić information content (AvgIpc) is 3.27. The maximum absolute atomic E-state index is 12.7. The number of hydrogen-bond acceptors (Lipinski definition) is 4. The number of Topliss-reactive ketones (excluding diaryl/α,β-unsaturated/α-hetero) is 1. The minimum atomic E-state index is -0.183. The Labute approximate surface area is 191 Å². The summed E-state index contributed by atoms with van der Waals surface area (Å²) in [6, 6.07) is 22.5. The summed E-state index contributed by atoms with van der Waals surface area (Å²) in [5.41, 5.74) is 4.95. The molecule has 0 unspecified atom stereocenters. The Hall–Kier alpha value is -3.64. The van der Waals surface area contributed by atoms with E-state index in [1.54, 1.807) is 12.3 Å². The molecular weight excluding hydrogens is 418 g/mol. The largest absolute Gasteiger partial charge is 0.322 e. The van der Waals surface area contributed by atoms with E-state index in [9.17, 15) is 9.59 Å². The number of nitrogens with one attached hydrogen (secondary N) is 1. The summed E-state index contributed by atoms with van der Waals surface area (Å²) < 4.78 is 1.89. The van der Waals surface area contributed by atoms with E-state index in [1.165, 1.54) is 11.8 Å². The molecule has 4 rings (SSSR count). The highest BCUT2D eigenvalue weighted by atomic mass is 32.2. The van der Waals surface area contributed by atoms with Gasteiger partial charge in [0.1, 0.15) is 0 Å². The van der Waals surface area contributed by atoms with Gasteiger partial charge in [-0.3, -0.25) is 14.2 Å². The number of benzene rings is 3. The number of hydrogen-bond donors (Lipinski definition) is 1. The lowest BCUT2D eigenvalue weighted by molar-refractivity contribution is 0.101. The maximum atomic E-state index is 12.7. The van der Waals surface area contributed by atoms with Crippen molar-refractivity contribution in [2.24, 2.45) is 0 Å². The first-order valence-electron chi connectivity index (χ1n) is 10.2. The van der Waals surface area contributed by atoms with Crippen LogP contribution in [0.5, 0.6) is 0 Å². The topological polar surface area (TPSA) is 64.0 Å². The lowest BCUT2D eigenvalue weighted by atomic mass is 10.0. The van der Waals surface area contributed by atoms with Gasteiger partial charge in [0.15, 0.2) is 10.9 Å². The molecule has 0 fully saturated rings. The standard InChI is InChI=1S/C26H23N3O2S/c1-18-11-12-23(19(2)15-18)24(30)17-32-26-27-13-14-29(26)22-10-6-7-20(16-22)25(31)28-21-8-4-3-5-9-21/h3-16H,17H2,1-2H3,(H,28,31). The van der Waals surface area contributed by atoms with Gasteiger partial charge in [0, 0.05) is 34.9 Å². The van der Waals surface area contributed by atoms with Crippen molar-refractivity contribution in [1.82, 2.24) is 9.55 Å². The third-order valence-electron chi connectivity index (χ3n) is 5.04. The van der Waals surface area contributed by atoms with Gasteiger partial charge >= 0.3 is 0 Å². The van der Waals surface area contributed by atoms with Crippen molar-refractivity contribution < 1.29 is 9.59 Å². The van der Waals surface area contributed by atoms with Crippen molar-refractivity contribution in [3.8, 4) is 5.69 Å². The molecule has 1 amide bonds. The van der Waals surface area contributed by atoms with Crippen LogP contribution in [0.2, 0.25) is 0 Å². The molecule has 5 nitrogen and oxygen atoms in total. The molecule has 0 aliphatic carbocycles. The highest BCUT2D eigenvalue weighted by Crippen LogP contribution is 2.23. The molecule has 160 valence electrons. The Morgan fingerprint density at radius 3 is 2.56 bits per heavy atom. The summed E-state index contributed by atoms with van der Waals surface area (Å²) >= 11 is 1.38. The van der Waals surface area contributed by atoms with Crippen molar-refractivity contribution in [1.29, 1.82) is 0 Å². The van der Waals surface area contributed by atoms with Crippen LogP contribution in [0.15, 0.2) is 90.3 Å². The van der Waals surface area contributed by atoms with Crippen LogP contribution in [0.1, 0.15) is 31.8 Å². The third-order valence-corrected chi connectivity index (χ3v) is 6.01. The Morgan fingerprint density at radius 2 is 1.78 bits per heavy atom. The molecule has 6 heteroatoms. The molecule has 0 saturated heterocycles. The highest BCUT2D eigenvalue weighted by molar-refractivity contribution is 7.99. The van der Waals surface area contributed by atoms with E-state index in [0.717, 1.165) is 28.1 Å². The number of rotatable bonds is 7. The maximum Gasteiger partial charge on any atom is 0.255 e. The summed E-state index contributed by atoms with van der Waals surface area (Å²) in [5, 5.41) is 3.60. The number of para-hydroxylation sites is 1. The first-order valence-corrected chi connectivity index (χ1v) is 11.2. The fourth-order valence-electron chi connectivity index (χ4n) is 3.45. The van der Waals surface area contributed by atoms with Crippen LogP contribution >= 0.6 is 11.8 Å². The van der Waals surface area contributed by atoms with E-state index < -0.39 is 0 Å². The molecule has 0 aliphatic heterocycles. The van der Waals surface area contributed by atoms with Crippen LogP contribution in [0.3, 0.4) is 0 Å². The number of thioether (sulfide) groups is 1. The summed E-state index contributed by atoms with van der Waals surface area (Å²) in [6.45, 7) is 3.97. The summed E-state index contributed by atoms with van der Waals surface area (Å²) in [7, 11) is 0. The van der Waals surface area contributed by atoms with Gasteiger partial charge in [-0.25, -0.2) is 4.98 Å². The van der Waals surface area contributed by atoms with E-state index in [-0.39, 0.29) is 17.4 Å². The lowest BCUT2D eigenvalue weighted by Crippen LogP contribution is -2.12. The van der Waals surface area contributed by atoms with Gasteiger partial charge in [0.25, 0.3) is 5.91 Å². The van der Waals surface area contributed by atoms with Crippen molar-refractivity contribution >= 4 is 29.1 Å². The second kappa shape index (κ2) is 9.66. The number of nitrogens with zero attached hydrogens (tertiary/aromatic N) is 2. The number of aryl methyl sites for hydroxylation is 2. The number of carbonyl (C=O) groups is 2. The average molecular weight is 442 g/mol. The highest BCUT2D eigenvalue weighted by Gasteiger charge is 2.14. The van der Waals surface area contributed by atoms with Crippen LogP contribution < -0.4 is 5.32 Å². The van der Waals surface area contributed by atoms with Crippen molar-refractivity contribution in [3.63, 3.8) is 0 Å². The fourth-order valence-corrected chi connectivity index (χ4v) is 4.31. The zero-order valence-corrected chi connectivity index (χ0v) is 18.7. The Bertz CT molecular complexity index is 1270. The first-order chi connectivity index (χ1) is 15.5. The quantitative estimate of drug-likeness (QED) is 0.294. The number of ketones is 1. The van der Waals surface area contributed by atoms with Crippen LogP contribution in [0.4, 0.5) is 5.69 Å². The van der Waals surface area contributed by atoms with E-state index in [1.807, 2.05) is 91.3 Å². The fraction of sp³-hybridized carbons (Fsp3) is 0.115. The molecule has 0 spiro atoms. The zero-order valence-electron chi connectivity index (χ0n) is 17.9. The van der Waals surface area contributed by atoms with Crippen LogP contribution in [0.25, 0.3) is 5.69 Å². The Balaban J connectivity index is 1.49. The summed E-state index contributed by atoms with van der Waals surface area (Å²) in [4.78, 5) is 29.8. The second-order valence-electron chi connectivity index (χ2n) is 7.48. The van der Waals surface area contributed by atoms with Gasteiger partial charge in [-0.1, -0.05) is 59.8 Å². The molecule has 0 bridgehead atoms. The molecule has 0 radical (unpaired) electrons. The number of amides is 1. The predicted octanol–water partition coefficient (Wildman–Crippen LogP) is 5.72. The monoisotopic (exact) mass is 441 g/mol. The number of aromatic nitrogens is 2. The van der Waals surface area contributed by atoms with Crippen LogP contribution in [0, 0.1) is 13.8 Å². The van der Waals surface area contributed by atoms with Crippen molar-refractivity contribution in [2.45, 2.75) is 19.0 Å². The molecule has 0 aliphatic rings. The van der Waals surface area contributed by atoms with Gasteiger partial charge in [-0.2, -0.15) is 0 Å². The van der Waals surface area contributed by atoms with Gasteiger partial charge in [0.05, 0.1) is 5.75 Å². The van der Waals surface area contributed by atoms with E-state index >= 15 is 0 Å². The van der Waals surface area contributed by atoms with E-state index in [4.69, 9.17) is 0 Å². The minimum Gasteiger partial charge on any atom is -0.322 e. The molecule has 1 aromatic heterocycles. The summed E-state index contributed by atoms with van der Waals surface area (Å²) in [5.74, 6) is 0.171. The van der Waals surface area contributed by atoms with Crippen molar-refractivity contribution in [3.05, 3.63) is 107 Å². The van der Waals surface area contributed by atoms with Crippen molar-refractivity contribution in [2.75, 3.05) is 11.1 Å². The molecule has 4 aromatic rings. The van der Waals surface area contributed by atoms with Crippen LogP contribution in [-0.2, 0) is 0 Å². The molecule has 1 N–H and O–H groups in total. The Kier molecular flexibility index (Phi) is 6.52. The van der Waals surface area contributed by atoms with Gasteiger partial charge < -0.3 is 5.32 Å². The predicted molar refractivity (Wildman–Crippen MR) is 129 cm³/mol. The third kappa shape index (κ3) is 4.98. The number of imidazole rings is 1. The number of carbonyl (C=O) groups excluding carboxylic acids is 2. The molecule has 32 heavy (non-hydrogen) atoms. The molecule has 0 atom stereocenters. The molecule has 0 saturated carbocycles. The SMILES string of the molecule is Cc1ccc(C(=O)CSc2nccn2-c2cccc(C(=O)Nc3ccccc3)c2)c(C)c1. The normalized spacial score (nSPS) is 10.7. The summed E-state index contributed by atoms with van der Waals surface area (Å²) in [6.07, 6.45) is 3.53. The van der Waals surface area contributed by atoms with Crippen LogP contribution in [-0.4, -0.2) is 27.0 Å². The molecule has 1 heterocycles. The van der Waals surface area contributed by atoms with E-state index in [2.05, 4.69) is 10.3 Å².